The number of aryl methyl sites for hydroxylation is 2. The van der Waals surface area contributed by atoms with Crippen molar-refractivity contribution in [2.45, 2.75) is 40.0 Å². The van der Waals surface area contributed by atoms with Crippen molar-refractivity contribution in [1.29, 1.82) is 0 Å². The van der Waals surface area contributed by atoms with Gasteiger partial charge >= 0.3 is 0 Å². The molecule has 0 N–H and O–H groups in total. The van der Waals surface area contributed by atoms with Crippen molar-refractivity contribution in [2.75, 3.05) is 0 Å². The Balaban J connectivity index is 2.29. The quantitative estimate of drug-likeness (QED) is 0.765. The van der Waals surface area contributed by atoms with Gasteiger partial charge in [-0.25, -0.2) is 4.68 Å². The number of benzene rings is 1. The molecular weight excluding hydrogens is 236 g/mol. The number of rotatable bonds is 5. The highest BCUT2D eigenvalue weighted by atomic mass is 16.1. The molecule has 0 radical (unpaired) electrons. The second-order valence-electron chi connectivity index (χ2n) is 4.88. The first kappa shape index (κ1) is 13.5. The van der Waals surface area contributed by atoms with Crippen molar-refractivity contribution in [1.82, 2.24) is 9.78 Å². The average Bonchev–Trinajstić information content (AvgIpc) is 2.72. The number of unbranched alkanes of at least 4 members (excludes halogenated alkanes) is 1. The molecule has 0 saturated heterocycles. The maximum Gasteiger partial charge on any atom is 0.153 e. The Morgan fingerprint density at radius 1 is 1.21 bits per heavy atom. The fourth-order valence-electron chi connectivity index (χ4n) is 2.26. The van der Waals surface area contributed by atoms with E-state index in [1.54, 1.807) is 0 Å². The fourth-order valence-corrected chi connectivity index (χ4v) is 2.26. The number of hydrogen-bond donors (Lipinski definition) is 0. The van der Waals surface area contributed by atoms with E-state index in [2.05, 4.69) is 36.3 Å². The van der Waals surface area contributed by atoms with Crippen molar-refractivity contribution in [2.24, 2.45) is 0 Å². The Bertz CT molecular complexity index is 567. The molecule has 0 bridgehead atoms. The molecular formula is C16H20N2O. The Morgan fingerprint density at radius 2 is 1.89 bits per heavy atom. The number of aromatic nitrogens is 2. The predicted molar refractivity (Wildman–Crippen MR) is 77.0 cm³/mol. The van der Waals surface area contributed by atoms with Crippen LogP contribution in [0.3, 0.4) is 0 Å². The zero-order valence-corrected chi connectivity index (χ0v) is 11.8. The van der Waals surface area contributed by atoms with Crippen LogP contribution in [-0.4, -0.2) is 16.1 Å². The zero-order valence-electron chi connectivity index (χ0n) is 11.8. The number of carbonyl (C=O) groups is 1. The Labute approximate surface area is 114 Å². The van der Waals surface area contributed by atoms with Gasteiger partial charge in [0.15, 0.2) is 6.29 Å². The van der Waals surface area contributed by atoms with E-state index in [0.717, 1.165) is 29.8 Å². The van der Waals surface area contributed by atoms with E-state index >= 15 is 0 Å². The highest BCUT2D eigenvalue weighted by molar-refractivity contribution is 5.78. The van der Waals surface area contributed by atoms with E-state index < -0.39 is 0 Å². The standard InChI is InChI=1S/C16H20N2O/c1-4-5-6-14-7-9-15(10-8-14)18-13(3)16(11-19)12(2)17-18/h7-11H,4-6H2,1-3H3. The lowest BCUT2D eigenvalue weighted by atomic mass is 10.1. The summed E-state index contributed by atoms with van der Waals surface area (Å²) in [5.41, 5.74) is 4.73. The van der Waals surface area contributed by atoms with Crippen LogP contribution in [0.5, 0.6) is 0 Å². The topological polar surface area (TPSA) is 34.9 Å². The summed E-state index contributed by atoms with van der Waals surface area (Å²) in [6.07, 6.45) is 4.42. The third-order valence-electron chi connectivity index (χ3n) is 3.47. The van der Waals surface area contributed by atoms with E-state index in [0.29, 0.717) is 5.56 Å². The molecule has 1 heterocycles. The largest absolute Gasteiger partial charge is 0.298 e. The minimum Gasteiger partial charge on any atom is -0.298 e. The van der Waals surface area contributed by atoms with Gasteiger partial charge in [0, 0.05) is 0 Å². The molecule has 0 unspecified atom stereocenters. The van der Waals surface area contributed by atoms with Gasteiger partial charge < -0.3 is 0 Å². The molecule has 3 heteroatoms. The number of nitrogens with zero attached hydrogens (tertiary/aromatic N) is 2. The van der Waals surface area contributed by atoms with Crippen LogP contribution in [0.25, 0.3) is 5.69 Å². The molecule has 0 aliphatic rings. The second-order valence-corrected chi connectivity index (χ2v) is 4.88. The summed E-state index contributed by atoms with van der Waals surface area (Å²) >= 11 is 0. The predicted octanol–water partition coefficient (Wildman–Crippen LogP) is 3.64. The molecule has 2 aromatic rings. The lowest BCUT2D eigenvalue weighted by Crippen LogP contribution is -1.99. The van der Waals surface area contributed by atoms with E-state index in [1.807, 2.05) is 18.5 Å². The smallest absolute Gasteiger partial charge is 0.153 e. The maximum atomic E-state index is 11.0. The Kier molecular flexibility index (Phi) is 4.15. The van der Waals surface area contributed by atoms with Gasteiger partial charge in [0.1, 0.15) is 0 Å². The average molecular weight is 256 g/mol. The minimum absolute atomic E-state index is 0.690. The van der Waals surface area contributed by atoms with Gasteiger partial charge in [-0.1, -0.05) is 25.5 Å². The van der Waals surface area contributed by atoms with Crippen LogP contribution in [0.1, 0.15) is 47.1 Å². The van der Waals surface area contributed by atoms with Gasteiger partial charge in [0.2, 0.25) is 0 Å². The fraction of sp³-hybridized carbons (Fsp3) is 0.375. The first-order valence-corrected chi connectivity index (χ1v) is 6.78. The lowest BCUT2D eigenvalue weighted by molar-refractivity contribution is 0.112. The van der Waals surface area contributed by atoms with Crippen LogP contribution in [0.4, 0.5) is 0 Å². The van der Waals surface area contributed by atoms with Gasteiger partial charge in [0.25, 0.3) is 0 Å². The van der Waals surface area contributed by atoms with Crippen LogP contribution >= 0.6 is 0 Å². The van der Waals surface area contributed by atoms with Crippen LogP contribution in [0.15, 0.2) is 24.3 Å². The summed E-state index contributed by atoms with van der Waals surface area (Å²) in [7, 11) is 0. The summed E-state index contributed by atoms with van der Waals surface area (Å²) in [5, 5.41) is 4.43. The Morgan fingerprint density at radius 3 is 2.42 bits per heavy atom. The van der Waals surface area contributed by atoms with E-state index in [-0.39, 0.29) is 0 Å². The normalized spacial score (nSPS) is 10.7. The molecule has 2 rings (SSSR count). The van der Waals surface area contributed by atoms with Crippen LogP contribution in [-0.2, 0) is 6.42 Å². The third-order valence-corrected chi connectivity index (χ3v) is 3.47. The first-order valence-electron chi connectivity index (χ1n) is 6.78. The third kappa shape index (κ3) is 2.75. The summed E-state index contributed by atoms with van der Waals surface area (Å²) in [4.78, 5) is 11.0. The zero-order chi connectivity index (χ0) is 13.8. The SMILES string of the molecule is CCCCc1ccc(-n2nc(C)c(C=O)c2C)cc1. The highest BCUT2D eigenvalue weighted by Gasteiger charge is 2.11. The van der Waals surface area contributed by atoms with Crippen molar-refractivity contribution in [3.63, 3.8) is 0 Å². The lowest BCUT2D eigenvalue weighted by Gasteiger charge is -2.06. The molecule has 0 fully saturated rings. The summed E-state index contributed by atoms with van der Waals surface area (Å²) < 4.78 is 1.84. The molecule has 0 saturated carbocycles. The van der Waals surface area contributed by atoms with Crippen molar-refractivity contribution in [3.05, 3.63) is 46.8 Å². The molecule has 1 aromatic carbocycles. The van der Waals surface area contributed by atoms with E-state index in [4.69, 9.17) is 0 Å². The summed E-state index contributed by atoms with van der Waals surface area (Å²) in [6.45, 7) is 5.99. The number of aldehydes is 1. The molecule has 0 atom stereocenters. The van der Waals surface area contributed by atoms with Gasteiger partial charge in [-0.15, -0.1) is 0 Å². The van der Waals surface area contributed by atoms with Gasteiger partial charge in [-0.3, -0.25) is 4.79 Å². The molecule has 0 spiro atoms. The second kappa shape index (κ2) is 5.83. The molecule has 0 aliphatic heterocycles. The summed E-state index contributed by atoms with van der Waals surface area (Å²) in [5.74, 6) is 0. The van der Waals surface area contributed by atoms with Gasteiger partial charge in [-0.2, -0.15) is 5.10 Å². The van der Waals surface area contributed by atoms with Crippen molar-refractivity contribution >= 4 is 6.29 Å². The molecule has 19 heavy (non-hydrogen) atoms. The van der Waals surface area contributed by atoms with Crippen molar-refractivity contribution < 1.29 is 4.79 Å². The van der Waals surface area contributed by atoms with Crippen LogP contribution in [0, 0.1) is 13.8 Å². The molecule has 3 nitrogen and oxygen atoms in total. The van der Waals surface area contributed by atoms with Crippen LogP contribution < -0.4 is 0 Å². The van der Waals surface area contributed by atoms with E-state index in [1.165, 1.54) is 18.4 Å². The number of hydrogen-bond acceptors (Lipinski definition) is 2. The molecule has 0 amide bonds. The maximum absolute atomic E-state index is 11.0. The van der Waals surface area contributed by atoms with Gasteiger partial charge in [0.05, 0.1) is 22.6 Å². The first-order chi connectivity index (χ1) is 9.17. The number of carbonyl (C=O) groups excluding carboxylic acids is 1. The van der Waals surface area contributed by atoms with Crippen molar-refractivity contribution in [3.8, 4) is 5.69 Å². The minimum atomic E-state index is 0.690. The highest BCUT2D eigenvalue weighted by Crippen LogP contribution is 2.17. The molecule has 1 aromatic heterocycles. The summed E-state index contributed by atoms with van der Waals surface area (Å²) in [6, 6.07) is 8.42. The Hall–Kier alpha value is -1.90. The van der Waals surface area contributed by atoms with Gasteiger partial charge in [-0.05, 0) is 44.4 Å². The van der Waals surface area contributed by atoms with Crippen LogP contribution in [0.2, 0.25) is 0 Å². The van der Waals surface area contributed by atoms with E-state index in [9.17, 15) is 4.79 Å². The molecule has 100 valence electrons. The molecule has 0 aliphatic carbocycles. The monoisotopic (exact) mass is 256 g/mol.